The summed E-state index contributed by atoms with van der Waals surface area (Å²) in [6, 6.07) is 44.1. The summed E-state index contributed by atoms with van der Waals surface area (Å²) in [5.41, 5.74) is 9.80. The number of aromatic nitrogens is 2. The zero-order valence-electron chi connectivity index (χ0n) is 23.4. The Bertz CT molecular complexity index is 1960. The van der Waals surface area contributed by atoms with Crippen LogP contribution in [-0.2, 0) is 12.5 Å². The Morgan fingerprint density at radius 2 is 0.925 bits per heavy atom. The molecule has 0 bridgehead atoms. The van der Waals surface area contributed by atoms with Crippen molar-refractivity contribution in [3.8, 4) is 33.6 Å². The van der Waals surface area contributed by atoms with Crippen molar-refractivity contribution < 1.29 is 0 Å². The zero-order valence-corrected chi connectivity index (χ0v) is 23.4. The first kappa shape index (κ1) is 24.4. The van der Waals surface area contributed by atoms with Crippen molar-refractivity contribution in [3.05, 3.63) is 127 Å². The molecule has 7 aromatic rings. The second-order valence-corrected chi connectivity index (χ2v) is 11.7. The molecule has 194 valence electrons. The molecule has 40 heavy (non-hydrogen) atoms. The van der Waals surface area contributed by atoms with Gasteiger partial charge >= 0.3 is 0 Å². The zero-order chi connectivity index (χ0) is 27.4. The second kappa shape index (κ2) is 9.20. The molecule has 1 aromatic heterocycles. The molecule has 0 aliphatic rings. The largest absolute Gasteiger partial charge is 0.327 e. The second-order valence-electron chi connectivity index (χ2n) is 11.7. The van der Waals surface area contributed by atoms with Gasteiger partial charge < -0.3 is 4.57 Å². The van der Waals surface area contributed by atoms with Crippen molar-refractivity contribution >= 4 is 32.6 Å². The lowest BCUT2D eigenvalue weighted by Crippen LogP contribution is -2.10. The SMILES string of the molecule is Cn1c(-c2ccc(-c3c4ccccc4c(-c4ccc(C(C)(C)C)cc4)c4ccccc34)cc2)nc2ccccc21. The van der Waals surface area contributed by atoms with E-state index in [0.717, 1.165) is 22.4 Å². The number of imidazole rings is 1. The number of hydrogen-bond acceptors (Lipinski definition) is 1. The van der Waals surface area contributed by atoms with Crippen LogP contribution >= 0.6 is 0 Å². The monoisotopic (exact) mass is 516 g/mol. The van der Waals surface area contributed by atoms with E-state index in [-0.39, 0.29) is 5.41 Å². The van der Waals surface area contributed by atoms with Crippen molar-refractivity contribution in [2.45, 2.75) is 26.2 Å². The molecule has 0 N–H and O–H groups in total. The topological polar surface area (TPSA) is 17.8 Å². The first-order valence-electron chi connectivity index (χ1n) is 14.0. The summed E-state index contributed by atoms with van der Waals surface area (Å²) in [5.74, 6) is 0.983. The van der Waals surface area contributed by atoms with Crippen LogP contribution < -0.4 is 0 Å². The first-order valence-corrected chi connectivity index (χ1v) is 14.0. The van der Waals surface area contributed by atoms with Gasteiger partial charge in [0.2, 0.25) is 0 Å². The molecule has 0 aliphatic heterocycles. The Morgan fingerprint density at radius 3 is 1.40 bits per heavy atom. The normalized spacial score (nSPS) is 12.0. The standard InChI is InChI=1S/C38H32N2/c1-38(2,3)28-23-21-26(22-24-28)36-31-13-7-5-11-29(31)35(30-12-6-8-14-32(30)36)25-17-19-27(20-18-25)37-39-33-15-9-10-16-34(33)40(37)4/h5-24H,1-4H3. The third kappa shape index (κ3) is 3.91. The lowest BCUT2D eigenvalue weighted by Gasteiger charge is -2.21. The molecule has 7 rings (SSSR count). The van der Waals surface area contributed by atoms with E-state index in [0.29, 0.717) is 0 Å². The average molecular weight is 517 g/mol. The van der Waals surface area contributed by atoms with E-state index in [2.05, 4.69) is 148 Å². The maximum absolute atomic E-state index is 4.91. The van der Waals surface area contributed by atoms with Crippen LogP contribution in [0.1, 0.15) is 26.3 Å². The highest BCUT2D eigenvalue weighted by Gasteiger charge is 2.18. The molecular weight excluding hydrogens is 484 g/mol. The van der Waals surface area contributed by atoms with Crippen LogP contribution in [0, 0.1) is 0 Å². The molecule has 0 spiro atoms. The van der Waals surface area contributed by atoms with Gasteiger partial charge in [0.05, 0.1) is 11.0 Å². The van der Waals surface area contributed by atoms with Crippen molar-refractivity contribution in [3.63, 3.8) is 0 Å². The summed E-state index contributed by atoms with van der Waals surface area (Å²) in [4.78, 5) is 4.91. The molecular formula is C38H32N2. The van der Waals surface area contributed by atoms with Gasteiger partial charge in [0.1, 0.15) is 5.82 Å². The van der Waals surface area contributed by atoms with Gasteiger partial charge in [-0.15, -0.1) is 0 Å². The summed E-state index contributed by atoms with van der Waals surface area (Å²) in [6.45, 7) is 6.80. The molecule has 2 heteroatoms. The van der Waals surface area contributed by atoms with Gasteiger partial charge in [0.25, 0.3) is 0 Å². The van der Waals surface area contributed by atoms with E-state index in [9.17, 15) is 0 Å². The van der Waals surface area contributed by atoms with E-state index >= 15 is 0 Å². The van der Waals surface area contributed by atoms with Crippen molar-refractivity contribution in [1.29, 1.82) is 0 Å². The van der Waals surface area contributed by atoms with Gasteiger partial charge in [0, 0.05) is 12.6 Å². The quantitative estimate of drug-likeness (QED) is 0.214. The van der Waals surface area contributed by atoms with Gasteiger partial charge in [-0.2, -0.15) is 0 Å². The predicted octanol–water partition coefficient (Wildman–Crippen LogP) is 10.2. The summed E-state index contributed by atoms with van der Waals surface area (Å²) in [5, 5.41) is 5.09. The number of fused-ring (bicyclic) bond motifs is 3. The number of hydrogen-bond donors (Lipinski definition) is 0. The molecule has 0 fully saturated rings. The number of nitrogens with zero attached hydrogens (tertiary/aromatic N) is 2. The minimum Gasteiger partial charge on any atom is -0.327 e. The minimum atomic E-state index is 0.125. The highest BCUT2D eigenvalue weighted by Crippen LogP contribution is 2.44. The van der Waals surface area contributed by atoms with Gasteiger partial charge in [-0.1, -0.05) is 130 Å². The lowest BCUT2D eigenvalue weighted by atomic mass is 9.83. The fourth-order valence-electron chi connectivity index (χ4n) is 6.08. The average Bonchev–Trinajstić information content (AvgIpc) is 3.32. The Hall–Kier alpha value is -4.69. The Balaban J connectivity index is 1.42. The van der Waals surface area contributed by atoms with Crippen molar-refractivity contribution in [2.75, 3.05) is 0 Å². The number of rotatable bonds is 3. The first-order chi connectivity index (χ1) is 19.4. The molecule has 0 saturated carbocycles. The Kier molecular flexibility index (Phi) is 5.61. The van der Waals surface area contributed by atoms with Crippen LogP contribution in [0.25, 0.3) is 66.2 Å². The molecule has 0 unspecified atom stereocenters. The number of para-hydroxylation sites is 2. The van der Waals surface area contributed by atoms with Crippen molar-refractivity contribution in [1.82, 2.24) is 9.55 Å². The highest BCUT2D eigenvalue weighted by atomic mass is 15.1. The van der Waals surface area contributed by atoms with E-state index in [1.165, 1.54) is 49.4 Å². The van der Waals surface area contributed by atoms with Gasteiger partial charge in [-0.3, -0.25) is 0 Å². The maximum atomic E-state index is 4.91. The van der Waals surface area contributed by atoms with Crippen LogP contribution in [0.4, 0.5) is 0 Å². The molecule has 0 saturated heterocycles. The third-order valence-corrected chi connectivity index (χ3v) is 8.19. The van der Waals surface area contributed by atoms with Crippen LogP contribution in [0.15, 0.2) is 121 Å². The van der Waals surface area contributed by atoms with Crippen LogP contribution in [0.2, 0.25) is 0 Å². The highest BCUT2D eigenvalue weighted by molar-refractivity contribution is 6.21. The van der Waals surface area contributed by atoms with Crippen LogP contribution in [-0.4, -0.2) is 9.55 Å². The third-order valence-electron chi connectivity index (χ3n) is 8.19. The molecule has 0 aliphatic carbocycles. The molecule has 6 aromatic carbocycles. The minimum absolute atomic E-state index is 0.125. The fraction of sp³-hybridized carbons (Fsp3) is 0.132. The van der Waals surface area contributed by atoms with E-state index < -0.39 is 0 Å². The van der Waals surface area contributed by atoms with E-state index in [1.807, 2.05) is 6.07 Å². The predicted molar refractivity (Wildman–Crippen MR) is 171 cm³/mol. The van der Waals surface area contributed by atoms with Crippen molar-refractivity contribution in [2.24, 2.45) is 7.05 Å². The van der Waals surface area contributed by atoms with Crippen LogP contribution in [0.3, 0.4) is 0 Å². The van der Waals surface area contributed by atoms with Gasteiger partial charge in [-0.25, -0.2) is 4.98 Å². The molecule has 0 radical (unpaired) electrons. The maximum Gasteiger partial charge on any atom is 0.140 e. The summed E-state index contributed by atoms with van der Waals surface area (Å²) < 4.78 is 2.18. The summed E-state index contributed by atoms with van der Waals surface area (Å²) >= 11 is 0. The molecule has 0 amide bonds. The molecule has 2 nitrogen and oxygen atoms in total. The molecule has 1 heterocycles. The van der Waals surface area contributed by atoms with E-state index in [4.69, 9.17) is 4.98 Å². The Morgan fingerprint density at radius 1 is 0.500 bits per heavy atom. The smallest absolute Gasteiger partial charge is 0.140 e. The Labute approximate surface area is 235 Å². The number of benzene rings is 6. The summed E-state index contributed by atoms with van der Waals surface area (Å²) in [6.07, 6.45) is 0. The van der Waals surface area contributed by atoms with Gasteiger partial charge in [-0.05, 0) is 66.9 Å². The summed E-state index contributed by atoms with van der Waals surface area (Å²) in [7, 11) is 2.09. The lowest BCUT2D eigenvalue weighted by molar-refractivity contribution is 0.590. The van der Waals surface area contributed by atoms with E-state index in [1.54, 1.807) is 0 Å². The number of aryl methyl sites for hydroxylation is 1. The molecule has 0 atom stereocenters. The van der Waals surface area contributed by atoms with Crippen LogP contribution in [0.5, 0.6) is 0 Å². The van der Waals surface area contributed by atoms with Gasteiger partial charge in [0.15, 0.2) is 0 Å². The fourth-order valence-corrected chi connectivity index (χ4v) is 6.08.